The van der Waals surface area contributed by atoms with Gasteiger partial charge in [-0.3, -0.25) is 5.43 Å². The fourth-order valence-electron chi connectivity index (χ4n) is 2.65. The molecule has 0 aliphatic rings. The van der Waals surface area contributed by atoms with Crippen LogP contribution < -0.4 is 10.9 Å². The number of nitrogens with one attached hydrogen (secondary N) is 2. The molecule has 2 aromatic rings. The van der Waals surface area contributed by atoms with Crippen LogP contribution in [0.2, 0.25) is 0 Å². The van der Waals surface area contributed by atoms with Gasteiger partial charge in [0.1, 0.15) is 5.60 Å². The van der Waals surface area contributed by atoms with Gasteiger partial charge in [0, 0.05) is 6.54 Å². The highest BCUT2D eigenvalue weighted by atomic mass is 16.6. The maximum Gasteiger partial charge on any atom is 0.422 e. The zero-order valence-corrected chi connectivity index (χ0v) is 16.8. The minimum atomic E-state index is -0.559. The van der Waals surface area contributed by atoms with Crippen molar-refractivity contribution in [2.24, 2.45) is 5.92 Å². The predicted molar refractivity (Wildman–Crippen MR) is 103 cm³/mol. The molecule has 0 radical (unpaired) electrons. The number of amides is 1. The Morgan fingerprint density at radius 2 is 1.93 bits per heavy atom. The Morgan fingerprint density at radius 3 is 2.56 bits per heavy atom. The van der Waals surface area contributed by atoms with Crippen LogP contribution in [0, 0.1) is 5.92 Å². The van der Waals surface area contributed by atoms with Crippen LogP contribution in [-0.2, 0) is 17.7 Å². The Morgan fingerprint density at radius 1 is 1.22 bits per heavy atom. The summed E-state index contributed by atoms with van der Waals surface area (Å²) in [4.78, 5) is 12.0. The van der Waals surface area contributed by atoms with Crippen LogP contribution in [0.1, 0.15) is 58.5 Å². The second-order valence-corrected chi connectivity index (χ2v) is 7.95. The SMILES string of the molecule is CC(C)CC(NNC(=O)OC(C)(C)C)c1nnnn1CCc1ccccc1. The van der Waals surface area contributed by atoms with E-state index in [-0.39, 0.29) is 6.04 Å². The number of carbonyl (C=O) groups excluding carboxylic acids is 1. The highest BCUT2D eigenvalue weighted by Crippen LogP contribution is 2.19. The first-order chi connectivity index (χ1) is 12.7. The molecule has 0 fully saturated rings. The van der Waals surface area contributed by atoms with E-state index in [4.69, 9.17) is 4.74 Å². The van der Waals surface area contributed by atoms with E-state index in [1.165, 1.54) is 5.56 Å². The minimum Gasteiger partial charge on any atom is -0.443 e. The van der Waals surface area contributed by atoms with Crippen LogP contribution in [0.4, 0.5) is 4.79 Å². The van der Waals surface area contributed by atoms with Crippen LogP contribution >= 0.6 is 0 Å². The summed E-state index contributed by atoms with van der Waals surface area (Å²) >= 11 is 0. The lowest BCUT2D eigenvalue weighted by atomic mass is 10.0. The van der Waals surface area contributed by atoms with Gasteiger partial charge < -0.3 is 4.74 Å². The molecule has 0 spiro atoms. The van der Waals surface area contributed by atoms with Gasteiger partial charge in [-0.25, -0.2) is 14.9 Å². The summed E-state index contributed by atoms with van der Waals surface area (Å²) in [7, 11) is 0. The third-order valence-electron chi connectivity index (χ3n) is 3.78. The van der Waals surface area contributed by atoms with E-state index in [0.717, 1.165) is 12.8 Å². The highest BCUT2D eigenvalue weighted by Gasteiger charge is 2.22. The molecule has 8 heteroatoms. The quantitative estimate of drug-likeness (QED) is 0.690. The van der Waals surface area contributed by atoms with Crippen LogP contribution in [0.3, 0.4) is 0 Å². The Bertz CT molecular complexity index is 708. The van der Waals surface area contributed by atoms with Crippen molar-refractivity contribution in [3.05, 3.63) is 41.7 Å². The lowest BCUT2D eigenvalue weighted by molar-refractivity contribution is 0.0483. The number of benzene rings is 1. The summed E-state index contributed by atoms with van der Waals surface area (Å²) < 4.78 is 7.06. The molecule has 1 aromatic carbocycles. The molecule has 1 heterocycles. The van der Waals surface area contributed by atoms with Crippen molar-refractivity contribution >= 4 is 6.09 Å². The van der Waals surface area contributed by atoms with E-state index >= 15 is 0 Å². The van der Waals surface area contributed by atoms with Crippen LogP contribution in [0.25, 0.3) is 0 Å². The maximum atomic E-state index is 12.0. The predicted octanol–water partition coefficient (Wildman–Crippen LogP) is 3.03. The summed E-state index contributed by atoms with van der Waals surface area (Å²) in [6.07, 6.45) is 1.06. The van der Waals surface area contributed by atoms with Crippen molar-refractivity contribution in [3.63, 3.8) is 0 Å². The van der Waals surface area contributed by atoms with Crippen LogP contribution in [-0.4, -0.2) is 31.9 Å². The van der Waals surface area contributed by atoms with Gasteiger partial charge in [-0.15, -0.1) is 5.10 Å². The Hall–Kier alpha value is -2.48. The monoisotopic (exact) mass is 374 g/mol. The van der Waals surface area contributed by atoms with Crippen molar-refractivity contribution in [2.75, 3.05) is 0 Å². The number of hydrazine groups is 1. The number of hydrogen-bond donors (Lipinski definition) is 2. The first-order valence-electron chi connectivity index (χ1n) is 9.29. The van der Waals surface area contributed by atoms with Gasteiger partial charge in [-0.2, -0.15) is 0 Å². The van der Waals surface area contributed by atoms with Gasteiger partial charge in [0.15, 0.2) is 5.82 Å². The molecule has 0 saturated heterocycles. The third kappa shape index (κ3) is 7.34. The van der Waals surface area contributed by atoms with E-state index < -0.39 is 11.7 Å². The second-order valence-electron chi connectivity index (χ2n) is 7.95. The molecule has 1 unspecified atom stereocenters. The highest BCUT2D eigenvalue weighted by molar-refractivity contribution is 5.67. The van der Waals surface area contributed by atoms with Gasteiger partial charge in [0.25, 0.3) is 0 Å². The van der Waals surface area contributed by atoms with Crippen molar-refractivity contribution in [2.45, 2.75) is 65.6 Å². The molecule has 2 N–H and O–H groups in total. The lowest BCUT2D eigenvalue weighted by Gasteiger charge is -2.23. The number of hydrogen-bond acceptors (Lipinski definition) is 6. The zero-order valence-electron chi connectivity index (χ0n) is 16.8. The molecule has 8 nitrogen and oxygen atoms in total. The van der Waals surface area contributed by atoms with Crippen molar-refractivity contribution in [3.8, 4) is 0 Å². The van der Waals surface area contributed by atoms with Crippen LogP contribution in [0.5, 0.6) is 0 Å². The number of ether oxygens (including phenoxy) is 1. The summed E-state index contributed by atoms with van der Waals surface area (Å²) in [5.74, 6) is 1.08. The number of aromatic nitrogens is 4. The molecule has 0 aliphatic carbocycles. The Labute approximate surface area is 160 Å². The molecule has 1 atom stereocenters. The average Bonchev–Trinajstić information content (AvgIpc) is 3.04. The fraction of sp³-hybridized carbons (Fsp3) is 0.579. The van der Waals surface area contributed by atoms with Gasteiger partial charge in [-0.05, 0) is 55.5 Å². The van der Waals surface area contributed by atoms with E-state index in [1.807, 2.05) is 39.0 Å². The number of nitrogens with zero attached hydrogens (tertiary/aromatic N) is 4. The van der Waals surface area contributed by atoms with Crippen molar-refractivity contribution in [1.82, 2.24) is 31.1 Å². The molecule has 1 amide bonds. The maximum absolute atomic E-state index is 12.0. The third-order valence-corrected chi connectivity index (χ3v) is 3.78. The lowest BCUT2D eigenvalue weighted by Crippen LogP contribution is -2.44. The Balaban J connectivity index is 2.03. The second kappa shape index (κ2) is 9.45. The molecule has 0 aliphatic heterocycles. The van der Waals surface area contributed by atoms with E-state index in [2.05, 4.69) is 52.4 Å². The fourth-order valence-corrected chi connectivity index (χ4v) is 2.65. The van der Waals surface area contributed by atoms with E-state index in [0.29, 0.717) is 18.3 Å². The minimum absolute atomic E-state index is 0.219. The normalized spacial score (nSPS) is 12.8. The average molecular weight is 374 g/mol. The molecule has 0 saturated carbocycles. The van der Waals surface area contributed by atoms with Gasteiger partial charge in [0.2, 0.25) is 0 Å². The molecule has 148 valence electrons. The molecular formula is C19H30N6O2. The van der Waals surface area contributed by atoms with Crippen molar-refractivity contribution in [1.29, 1.82) is 0 Å². The van der Waals surface area contributed by atoms with E-state index in [9.17, 15) is 4.79 Å². The van der Waals surface area contributed by atoms with Crippen LogP contribution in [0.15, 0.2) is 30.3 Å². The van der Waals surface area contributed by atoms with Gasteiger partial charge >= 0.3 is 6.09 Å². The first-order valence-corrected chi connectivity index (χ1v) is 9.29. The number of aryl methyl sites for hydroxylation is 2. The molecule has 2 rings (SSSR count). The standard InChI is InChI=1S/C19H30N6O2/c1-14(2)13-16(20-22-18(26)27-19(3,4)5)17-21-23-24-25(17)12-11-15-9-7-6-8-10-15/h6-10,14,16,20H,11-13H2,1-5H3,(H,22,26). The summed E-state index contributed by atoms with van der Waals surface area (Å²) in [6.45, 7) is 10.3. The largest absolute Gasteiger partial charge is 0.443 e. The van der Waals surface area contributed by atoms with E-state index in [1.54, 1.807) is 4.68 Å². The molecule has 1 aromatic heterocycles. The molecule has 0 bridgehead atoms. The number of tetrazole rings is 1. The summed E-state index contributed by atoms with van der Waals surface area (Å²) in [5.41, 5.74) is 6.30. The van der Waals surface area contributed by atoms with Gasteiger partial charge in [0.05, 0.1) is 6.04 Å². The first kappa shape index (κ1) is 20.8. The topological polar surface area (TPSA) is 94.0 Å². The number of rotatable bonds is 8. The van der Waals surface area contributed by atoms with Crippen molar-refractivity contribution < 1.29 is 9.53 Å². The summed E-state index contributed by atoms with van der Waals surface area (Å²) in [6, 6.07) is 9.98. The molecular weight excluding hydrogens is 344 g/mol. The van der Waals surface area contributed by atoms with Gasteiger partial charge in [-0.1, -0.05) is 44.2 Å². The number of carbonyl (C=O) groups is 1. The Kier molecular flexibility index (Phi) is 7.29. The molecule has 27 heavy (non-hydrogen) atoms. The summed E-state index contributed by atoms with van der Waals surface area (Å²) in [5, 5.41) is 12.1. The zero-order chi connectivity index (χ0) is 19.9. The smallest absolute Gasteiger partial charge is 0.422 e.